The zero-order chi connectivity index (χ0) is 20.1. The molecule has 2 heterocycles. The number of anilines is 1. The van der Waals surface area contributed by atoms with Gasteiger partial charge in [-0.3, -0.25) is 0 Å². The summed E-state index contributed by atoms with van der Waals surface area (Å²) in [4.78, 5) is 10.2. The second-order valence-electron chi connectivity index (χ2n) is 6.94. The van der Waals surface area contributed by atoms with Gasteiger partial charge in [0.15, 0.2) is 5.82 Å². The molecule has 1 aromatic carbocycles. The van der Waals surface area contributed by atoms with Crippen LogP contribution in [-0.4, -0.2) is 20.3 Å². The Hall–Kier alpha value is -1.43. The lowest BCUT2D eigenvalue weighted by Gasteiger charge is -2.11. The molecule has 0 fully saturated rings. The fourth-order valence-corrected chi connectivity index (χ4v) is 4.78. The van der Waals surface area contributed by atoms with Crippen LogP contribution in [-0.2, 0) is 13.0 Å². The van der Waals surface area contributed by atoms with E-state index < -0.39 is 0 Å². The Morgan fingerprint density at radius 1 is 1.18 bits per heavy atom. The lowest BCUT2D eigenvalue weighted by Crippen LogP contribution is -2.05. The van der Waals surface area contributed by atoms with Crippen molar-refractivity contribution in [1.82, 2.24) is 14.5 Å². The molecule has 0 atom stereocenters. The molecule has 0 saturated carbocycles. The van der Waals surface area contributed by atoms with Gasteiger partial charge in [0.25, 0.3) is 0 Å². The topological polar surface area (TPSA) is 56.7 Å². The van der Waals surface area contributed by atoms with E-state index in [2.05, 4.69) is 23.4 Å². The first-order chi connectivity index (χ1) is 13.5. The number of thioether (sulfide) groups is 1. The predicted molar refractivity (Wildman–Crippen MR) is 122 cm³/mol. The Labute approximate surface area is 180 Å². The van der Waals surface area contributed by atoms with Crippen LogP contribution in [0, 0.1) is 6.92 Å². The van der Waals surface area contributed by atoms with Gasteiger partial charge in [-0.2, -0.15) is 0 Å². The number of hydrogen-bond acceptors (Lipinski definition) is 4. The minimum atomic E-state index is 0.519. The van der Waals surface area contributed by atoms with Gasteiger partial charge in [-0.15, -0.1) is 11.8 Å². The number of nitrogens with two attached hydrogens (primary N) is 1. The summed E-state index contributed by atoms with van der Waals surface area (Å²) in [6.45, 7) is 5.22. The number of unbranched alkanes of at least 4 members (excludes halogenated alkanes) is 2. The highest BCUT2D eigenvalue weighted by molar-refractivity contribution is 7.99. The molecule has 0 aliphatic heterocycles. The van der Waals surface area contributed by atoms with Crippen molar-refractivity contribution in [3.8, 4) is 0 Å². The van der Waals surface area contributed by atoms with Crippen LogP contribution in [0.2, 0.25) is 10.0 Å². The van der Waals surface area contributed by atoms with Crippen LogP contribution in [0.25, 0.3) is 11.0 Å². The van der Waals surface area contributed by atoms with Crippen molar-refractivity contribution in [3.63, 3.8) is 0 Å². The Morgan fingerprint density at radius 2 is 2.00 bits per heavy atom. The van der Waals surface area contributed by atoms with Crippen molar-refractivity contribution in [2.75, 3.05) is 11.5 Å². The lowest BCUT2D eigenvalue weighted by atomic mass is 10.2. The molecule has 4 nitrogen and oxygen atoms in total. The van der Waals surface area contributed by atoms with Crippen LogP contribution < -0.4 is 5.73 Å². The summed E-state index contributed by atoms with van der Waals surface area (Å²) in [7, 11) is 0. The molecule has 0 radical (unpaired) electrons. The first-order valence-corrected chi connectivity index (χ1v) is 11.4. The predicted octanol–water partition coefficient (Wildman–Crippen LogP) is 6.54. The molecule has 3 aromatic rings. The van der Waals surface area contributed by atoms with Crippen molar-refractivity contribution < 1.29 is 0 Å². The van der Waals surface area contributed by atoms with E-state index in [-0.39, 0.29) is 0 Å². The van der Waals surface area contributed by atoms with Crippen molar-refractivity contribution in [1.29, 1.82) is 0 Å². The summed E-state index contributed by atoms with van der Waals surface area (Å²) >= 11 is 14.0. The Bertz CT molecular complexity index is 955. The average Bonchev–Trinajstić information content (AvgIpc) is 3.04. The lowest BCUT2D eigenvalue weighted by molar-refractivity contribution is 0.605. The molecule has 150 valence electrons. The Morgan fingerprint density at radius 3 is 2.75 bits per heavy atom. The fraction of sp³-hybridized carbons (Fsp3) is 0.429. The maximum absolute atomic E-state index is 6.25. The Kier molecular flexibility index (Phi) is 7.49. The number of fused-ring (bicyclic) bond motifs is 1. The van der Waals surface area contributed by atoms with E-state index in [0.717, 1.165) is 76.7 Å². The largest absolute Gasteiger partial charge is 0.382 e. The van der Waals surface area contributed by atoms with E-state index in [1.807, 2.05) is 18.3 Å². The third kappa shape index (κ3) is 4.94. The van der Waals surface area contributed by atoms with E-state index in [1.54, 1.807) is 17.8 Å². The number of imidazole rings is 1. The summed E-state index contributed by atoms with van der Waals surface area (Å²) in [6.07, 6.45) is 7.26. The summed E-state index contributed by atoms with van der Waals surface area (Å²) in [5.41, 5.74) is 9.19. The number of rotatable bonds is 9. The van der Waals surface area contributed by atoms with Gasteiger partial charge in [0, 0.05) is 29.1 Å². The molecule has 2 N–H and O–H groups in total. The molecular formula is C21H26Cl2N4S. The smallest absolute Gasteiger partial charge is 0.151 e. The van der Waals surface area contributed by atoms with Gasteiger partial charge in [0.2, 0.25) is 0 Å². The summed E-state index contributed by atoms with van der Waals surface area (Å²) < 4.78 is 2.35. The second kappa shape index (κ2) is 9.86. The second-order valence-corrected chi connectivity index (χ2v) is 8.92. The molecule has 2 aromatic heterocycles. The quantitative estimate of drug-likeness (QED) is 0.305. The molecule has 0 spiro atoms. The van der Waals surface area contributed by atoms with E-state index in [1.165, 1.54) is 0 Å². The van der Waals surface area contributed by atoms with Crippen molar-refractivity contribution >= 4 is 51.8 Å². The molecule has 0 unspecified atom stereocenters. The molecule has 3 rings (SSSR count). The summed E-state index contributed by atoms with van der Waals surface area (Å²) in [6, 6.07) is 5.67. The van der Waals surface area contributed by atoms with Gasteiger partial charge in [0.05, 0.1) is 10.5 Å². The highest BCUT2D eigenvalue weighted by Gasteiger charge is 2.15. The van der Waals surface area contributed by atoms with Gasteiger partial charge in [-0.05, 0) is 55.7 Å². The minimum absolute atomic E-state index is 0.519. The third-order valence-corrected chi connectivity index (χ3v) is 6.56. The Balaban J connectivity index is 1.66. The van der Waals surface area contributed by atoms with E-state index in [4.69, 9.17) is 33.9 Å². The molecule has 0 aliphatic carbocycles. The van der Waals surface area contributed by atoms with Gasteiger partial charge in [-0.1, -0.05) is 36.5 Å². The van der Waals surface area contributed by atoms with E-state index in [9.17, 15) is 0 Å². The van der Waals surface area contributed by atoms with Gasteiger partial charge >= 0.3 is 0 Å². The highest BCUT2D eigenvalue weighted by Crippen LogP contribution is 2.30. The van der Waals surface area contributed by atoms with Crippen LogP contribution in [0.4, 0.5) is 5.82 Å². The van der Waals surface area contributed by atoms with E-state index in [0.29, 0.717) is 10.8 Å². The number of hydrogen-bond donors (Lipinski definition) is 1. The van der Waals surface area contributed by atoms with Gasteiger partial charge in [-0.25, -0.2) is 9.97 Å². The number of pyridine rings is 1. The number of benzene rings is 1. The fourth-order valence-electron chi connectivity index (χ4n) is 3.28. The van der Waals surface area contributed by atoms with E-state index >= 15 is 0 Å². The zero-order valence-corrected chi connectivity index (χ0v) is 18.7. The van der Waals surface area contributed by atoms with Crippen LogP contribution in [0.5, 0.6) is 0 Å². The standard InChI is InChI=1S/C21H26Cl2N4S/c1-3-4-7-18-26-19-20(14(2)13-25-21(19)24)27(18)10-5-6-11-28-17-9-8-15(22)12-16(17)23/h8-9,12-13H,3-7,10-11H2,1-2H3,(H2,24,25). The first kappa shape index (κ1) is 21.3. The molecule has 0 saturated heterocycles. The molecule has 0 amide bonds. The molecule has 0 aliphatic rings. The first-order valence-electron chi connectivity index (χ1n) is 9.69. The normalized spacial score (nSPS) is 11.4. The number of nitrogens with zero attached hydrogens (tertiary/aromatic N) is 3. The molecule has 7 heteroatoms. The minimum Gasteiger partial charge on any atom is -0.382 e. The summed E-state index contributed by atoms with van der Waals surface area (Å²) in [5.74, 6) is 2.65. The number of nitrogen functional groups attached to an aromatic ring is 1. The van der Waals surface area contributed by atoms with Crippen LogP contribution in [0.15, 0.2) is 29.3 Å². The van der Waals surface area contributed by atoms with Crippen molar-refractivity contribution in [3.05, 3.63) is 45.8 Å². The van der Waals surface area contributed by atoms with Crippen LogP contribution >= 0.6 is 35.0 Å². The van der Waals surface area contributed by atoms with Crippen molar-refractivity contribution in [2.24, 2.45) is 0 Å². The highest BCUT2D eigenvalue weighted by atomic mass is 35.5. The number of halogens is 2. The maximum Gasteiger partial charge on any atom is 0.151 e. The maximum atomic E-state index is 6.25. The number of aromatic nitrogens is 3. The van der Waals surface area contributed by atoms with Gasteiger partial charge < -0.3 is 10.3 Å². The SMILES string of the molecule is CCCCc1nc2c(N)ncc(C)c2n1CCCCSc1ccc(Cl)cc1Cl. The van der Waals surface area contributed by atoms with Crippen molar-refractivity contribution in [2.45, 2.75) is 57.4 Å². The van der Waals surface area contributed by atoms with Crippen LogP contribution in [0.3, 0.4) is 0 Å². The third-order valence-electron chi connectivity index (χ3n) is 4.74. The zero-order valence-electron chi connectivity index (χ0n) is 16.3. The van der Waals surface area contributed by atoms with Gasteiger partial charge in [0.1, 0.15) is 11.3 Å². The summed E-state index contributed by atoms with van der Waals surface area (Å²) in [5, 5.41) is 1.39. The number of aryl methyl sites for hydroxylation is 3. The molecule has 28 heavy (non-hydrogen) atoms. The molecule has 0 bridgehead atoms. The monoisotopic (exact) mass is 436 g/mol. The molecular weight excluding hydrogens is 411 g/mol. The average molecular weight is 437 g/mol. The van der Waals surface area contributed by atoms with Crippen LogP contribution in [0.1, 0.15) is 44.0 Å².